The largest absolute Gasteiger partial charge is 0.573 e. The summed E-state index contributed by atoms with van der Waals surface area (Å²) >= 11 is 0. The first-order chi connectivity index (χ1) is 12.5. The van der Waals surface area contributed by atoms with Gasteiger partial charge in [-0.15, -0.1) is 13.2 Å². The molecule has 3 fully saturated rings. The van der Waals surface area contributed by atoms with Gasteiger partial charge in [0.15, 0.2) is 0 Å². The van der Waals surface area contributed by atoms with Gasteiger partial charge in [-0.05, 0) is 74.5 Å². The molecule has 3 nitrogen and oxygen atoms in total. The number of alkyl halides is 3. The van der Waals surface area contributed by atoms with Crippen LogP contribution in [0.4, 0.5) is 13.2 Å². The van der Waals surface area contributed by atoms with Crippen molar-refractivity contribution in [1.29, 1.82) is 0 Å². The zero-order chi connectivity index (χ0) is 18.1. The summed E-state index contributed by atoms with van der Waals surface area (Å²) in [6, 6.07) is 6.31. The summed E-state index contributed by atoms with van der Waals surface area (Å²) in [6.45, 7) is 0.839. The van der Waals surface area contributed by atoms with E-state index >= 15 is 0 Å². The van der Waals surface area contributed by atoms with E-state index in [0.717, 1.165) is 44.3 Å². The molecule has 0 aromatic heterocycles. The van der Waals surface area contributed by atoms with E-state index in [1.807, 2.05) is 0 Å². The lowest BCUT2D eigenvalue weighted by Crippen LogP contribution is -2.25. The maximum absolute atomic E-state index is 12.2. The van der Waals surface area contributed by atoms with Crippen LogP contribution in [0.3, 0.4) is 0 Å². The van der Waals surface area contributed by atoms with Gasteiger partial charge in [-0.1, -0.05) is 12.1 Å². The molecular weight excluding hydrogens is 345 g/mol. The van der Waals surface area contributed by atoms with Gasteiger partial charge in [-0.2, -0.15) is 0 Å². The van der Waals surface area contributed by atoms with E-state index in [-0.39, 0.29) is 5.75 Å². The Bertz CT molecular complexity index is 593. The predicted molar refractivity (Wildman–Crippen MR) is 90.1 cm³/mol. The summed E-state index contributed by atoms with van der Waals surface area (Å²) in [5.41, 5.74) is 1.09. The Morgan fingerprint density at radius 2 is 1.65 bits per heavy atom. The number of ether oxygens (including phenoxy) is 3. The molecule has 2 aliphatic carbocycles. The van der Waals surface area contributed by atoms with E-state index in [1.54, 1.807) is 12.1 Å². The average molecular weight is 370 g/mol. The standard InChI is InChI=1S/C20H25F3O3/c21-20(22,23)26-17-8-4-15(5-9-17)14-2-6-16(7-3-14)24-12-13-1-10-18-19(11-13)25-18/h4-5,8-9,13-14,16,18-19H,1-3,6-7,10-12H2. The number of hydrogen-bond acceptors (Lipinski definition) is 3. The highest BCUT2D eigenvalue weighted by molar-refractivity contribution is 5.29. The Balaban J connectivity index is 1.20. The Labute approximate surface area is 151 Å². The van der Waals surface area contributed by atoms with Crippen molar-refractivity contribution in [1.82, 2.24) is 0 Å². The Morgan fingerprint density at radius 1 is 0.923 bits per heavy atom. The molecule has 0 amide bonds. The van der Waals surface area contributed by atoms with Crippen molar-refractivity contribution in [2.45, 2.75) is 75.5 Å². The van der Waals surface area contributed by atoms with Crippen LogP contribution in [0.5, 0.6) is 5.75 Å². The molecule has 4 rings (SSSR count). The second-order valence-electron chi connectivity index (χ2n) is 7.82. The van der Waals surface area contributed by atoms with Crippen LogP contribution < -0.4 is 4.74 Å². The number of halogens is 3. The molecule has 3 atom stereocenters. The average Bonchev–Trinajstić information content (AvgIpc) is 3.38. The summed E-state index contributed by atoms with van der Waals surface area (Å²) in [7, 11) is 0. The van der Waals surface area contributed by atoms with Crippen LogP contribution in [0.25, 0.3) is 0 Å². The molecule has 3 unspecified atom stereocenters. The van der Waals surface area contributed by atoms with Crippen LogP contribution >= 0.6 is 0 Å². The van der Waals surface area contributed by atoms with Crippen molar-refractivity contribution in [2.24, 2.45) is 5.92 Å². The first-order valence-corrected chi connectivity index (χ1v) is 9.59. The van der Waals surface area contributed by atoms with Crippen molar-refractivity contribution in [3.05, 3.63) is 29.8 Å². The molecule has 3 aliphatic rings. The molecule has 0 N–H and O–H groups in total. The zero-order valence-corrected chi connectivity index (χ0v) is 14.7. The molecule has 144 valence electrons. The van der Waals surface area contributed by atoms with Gasteiger partial charge in [0.05, 0.1) is 18.3 Å². The van der Waals surface area contributed by atoms with Crippen molar-refractivity contribution in [2.75, 3.05) is 6.61 Å². The number of hydrogen-bond donors (Lipinski definition) is 0. The van der Waals surface area contributed by atoms with Gasteiger partial charge in [0.25, 0.3) is 0 Å². The molecule has 1 aromatic rings. The lowest BCUT2D eigenvalue weighted by atomic mass is 9.82. The van der Waals surface area contributed by atoms with Gasteiger partial charge >= 0.3 is 6.36 Å². The molecule has 6 heteroatoms. The summed E-state index contributed by atoms with van der Waals surface area (Å²) in [4.78, 5) is 0. The maximum atomic E-state index is 12.2. The third kappa shape index (κ3) is 4.71. The molecule has 1 aliphatic heterocycles. The molecular formula is C20H25F3O3. The predicted octanol–water partition coefficient (Wildman–Crippen LogP) is 5.20. The van der Waals surface area contributed by atoms with Gasteiger partial charge < -0.3 is 14.2 Å². The molecule has 1 aromatic carbocycles. The number of benzene rings is 1. The number of epoxide rings is 1. The quantitative estimate of drug-likeness (QED) is 0.668. The molecule has 26 heavy (non-hydrogen) atoms. The van der Waals surface area contributed by atoms with Crippen LogP contribution in [0.2, 0.25) is 0 Å². The minimum Gasteiger partial charge on any atom is -0.406 e. The van der Waals surface area contributed by atoms with Crippen molar-refractivity contribution in [3.63, 3.8) is 0 Å². The van der Waals surface area contributed by atoms with Gasteiger partial charge in [-0.3, -0.25) is 0 Å². The molecule has 0 spiro atoms. The topological polar surface area (TPSA) is 31.0 Å². The third-order valence-electron chi connectivity index (χ3n) is 5.94. The monoisotopic (exact) mass is 370 g/mol. The van der Waals surface area contributed by atoms with E-state index in [0.29, 0.717) is 30.1 Å². The van der Waals surface area contributed by atoms with E-state index in [4.69, 9.17) is 9.47 Å². The summed E-state index contributed by atoms with van der Waals surface area (Å²) in [5.74, 6) is 0.871. The van der Waals surface area contributed by atoms with E-state index in [9.17, 15) is 13.2 Å². The highest BCUT2D eigenvalue weighted by Gasteiger charge is 2.43. The maximum Gasteiger partial charge on any atom is 0.573 e. The Morgan fingerprint density at radius 3 is 2.31 bits per heavy atom. The van der Waals surface area contributed by atoms with E-state index in [1.165, 1.54) is 25.0 Å². The lowest BCUT2D eigenvalue weighted by Gasteiger charge is -2.30. The van der Waals surface area contributed by atoms with Crippen LogP contribution in [0.15, 0.2) is 24.3 Å². The summed E-state index contributed by atoms with van der Waals surface area (Å²) in [6.07, 6.45) is 4.31. The van der Waals surface area contributed by atoms with Crippen LogP contribution in [0.1, 0.15) is 56.4 Å². The SMILES string of the molecule is FC(F)(F)Oc1ccc(C2CCC(OCC3CCC4OC4C3)CC2)cc1. The summed E-state index contributed by atoms with van der Waals surface area (Å²) in [5, 5.41) is 0. The second kappa shape index (κ2) is 7.39. The van der Waals surface area contributed by atoms with Gasteiger partial charge in [0.2, 0.25) is 0 Å². The summed E-state index contributed by atoms with van der Waals surface area (Å²) < 4.78 is 52.3. The highest BCUT2D eigenvalue weighted by Crippen LogP contribution is 2.40. The van der Waals surface area contributed by atoms with Gasteiger partial charge in [0, 0.05) is 6.61 Å². The minimum atomic E-state index is -4.64. The first-order valence-electron chi connectivity index (χ1n) is 9.59. The van der Waals surface area contributed by atoms with Gasteiger partial charge in [-0.25, -0.2) is 0 Å². The van der Waals surface area contributed by atoms with E-state index < -0.39 is 6.36 Å². The smallest absolute Gasteiger partial charge is 0.406 e. The normalized spacial score (nSPS) is 34.2. The van der Waals surface area contributed by atoms with E-state index in [2.05, 4.69) is 4.74 Å². The Kier molecular flexibility index (Phi) is 5.15. The first kappa shape index (κ1) is 18.1. The number of fused-ring (bicyclic) bond motifs is 1. The van der Waals surface area contributed by atoms with Crippen molar-refractivity contribution >= 4 is 0 Å². The fraction of sp³-hybridized carbons (Fsp3) is 0.700. The fourth-order valence-electron chi connectivity index (χ4n) is 4.41. The molecule has 2 saturated carbocycles. The number of rotatable bonds is 5. The molecule has 1 saturated heterocycles. The second-order valence-corrected chi connectivity index (χ2v) is 7.82. The molecule has 0 radical (unpaired) electrons. The highest BCUT2D eigenvalue weighted by atomic mass is 19.4. The molecule has 0 bridgehead atoms. The fourth-order valence-corrected chi connectivity index (χ4v) is 4.41. The van der Waals surface area contributed by atoms with Gasteiger partial charge in [0.1, 0.15) is 5.75 Å². The van der Waals surface area contributed by atoms with Crippen LogP contribution in [-0.2, 0) is 9.47 Å². The Hall–Kier alpha value is -1.27. The van der Waals surface area contributed by atoms with Crippen molar-refractivity contribution in [3.8, 4) is 5.75 Å². The minimum absolute atomic E-state index is 0.160. The third-order valence-corrected chi connectivity index (χ3v) is 5.94. The zero-order valence-electron chi connectivity index (χ0n) is 14.7. The lowest BCUT2D eigenvalue weighted by molar-refractivity contribution is -0.274. The van der Waals surface area contributed by atoms with Crippen molar-refractivity contribution < 1.29 is 27.4 Å². The van der Waals surface area contributed by atoms with Crippen LogP contribution in [0, 0.1) is 5.92 Å². The van der Waals surface area contributed by atoms with Crippen LogP contribution in [-0.4, -0.2) is 31.3 Å². The molecule has 1 heterocycles.